The fourth-order valence-electron chi connectivity index (χ4n) is 1.75. The van der Waals surface area contributed by atoms with Crippen LogP contribution in [-0.4, -0.2) is 52.5 Å². The largest absolute Gasteiger partial charge is 0.385 e. The molecule has 0 bridgehead atoms. The smallest absolute Gasteiger partial charge is 0.191 e. The van der Waals surface area contributed by atoms with Crippen molar-refractivity contribution >= 4 is 29.9 Å². The van der Waals surface area contributed by atoms with Gasteiger partial charge in [-0.05, 0) is 46.0 Å². The molecule has 0 atom stereocenters. The van der Waals surface area contributed by atoms with E-state index in [-0.39, 0.29) is 24.0 Å². The van der Waals surface area contributed by atoms with Gasteiger partial charge >= 0.3 is 0 Å². The van der Waals surface area contributed by atoms with Gasteiger partial charge in [0.25, 0.3) is 0 Å². The van der Waals surface area contributed by atoms with E-state index in [1.54, 1.807) is 7.11 Å². The van der Waals surface area contributed by atoms with Gasteiger partial charge in [0.05, 0.1) is 0 Å². The highest BCUT2D eigenvalue weighted by Crippen LogP contribution is 1.95. The van der Waals surface area contributed by atoms with Crippen LogP contribution in [-0.2, 0) is 9.47 Å². The summed E-state index contributed by atoms with van der Waals surface area (Å²) in [7, 11) is 1.75. The zero-order valence-corrected chi connectivity index (χ0v) is 16.3. The molecule has 0 aromatic heterocycles. The fraction of sp³-hybridized carbons (Fsp3) is 0.933. The molecule has 2 N–H and O–H groups in total. The van der Waals surface area contributed by atoms with Gasteiger partial charge in [0.15, 0.2) is 5.96 Å². The molecule has 0 aliphatic rings. The first-order valence-electron chi connectivity index (χ1n) is 7.94. The van der Waals surface area contributed by atoms with E-state index in [0.29, 0.717) is 0 Å². The van der Waals surface area contributed by atoms with Crippen molar-refractivity contribution in [2.45, 2.75) is 46.0 Å². The highest BCUT2D eigenvalue weighted by Gasteiger charge is 1.96. The van der Waals surface area contributed by atoms with Gasteiger partial charge in [-0.25, -0.2) is 0 Å². The van der Waals surface area contributed by atoms with Crippen LogP contribution < -0.4 is 10.6 Å². The summed E-state index contributed by atoms with van der Waals surface area (Å²) in [4.78, 5) is 4.57. The fourth-order valence-corrected chi connectivity index (χ4v) is 1.75. The number of nitrogens with one attached hydrogen (secondary N) is 2. The summed E-state index contributed by atoms with van der Waals surface area (Å²) in [5.74, 6) is 0.927. The van der Waals surface area contributed by atoms with Gasteiger partial charge in [-0.15, -0.1) is 24.0 Å². The first-order chi connectivity index (χ1) is 9.85. The summed E-state index contributed by atoms with van der Waals surface area (Å²) in [6, 6.07) is 0. The van der Waals surface area contributed by atoms with E-state index in [1.165, 1.54) is 6.42 Å². The monoisotopic (exact) mass is 415 g/mol. The van der Waals surface area contributed by atoms with Gasteiger partial charge in [-0.3, -0.25) is 4.99 Å². The lowest BCUT2D eigenvalue weighted by molar-refractivity contribution is 0.143. The second-order valence-electron chi connectivity index (χ2n) is 4.64. The molecule has 0 unspecified atom stereocenters. The third kappa shape index (κ3) is 17.9. The van der Waals surface area contributed by atoms with E-state index >= 15 is 0 Å². The van der Waals surface area contributed by atoms with Crippen molar-refractivity contribution < 1.29 is 9.47 Å². The molecule has 128 valence electrons. The number of aliphatic imine (C=N–C) groups is 1. The van der Waals surface area contributed by atoms with Crippen LogP contribution in [0.25, 0.3) is 0 Å². The number of rotatable bonds is 13. The molecule has 0 aromatic carbocycles. The highest BCUT2D eigenvalue weighted by molar-refractivity contribution is 14.0. The second kappa shape index (κ2) is 19.9. The SMILES string of the molecule is CCNC(=NCCCCCOC)NCCCCOCC.I. The van der Waals surface area contributed by atoms with Crippen LogP contribution in [0.15, 0.2) is 4.99 Å². The normalized spacial score (nSPS) is 11.1. The van der Waals surface area contributed by atoms with Crippen molar-refractivity contribution in [2.24, 2.45) is 4.99 Å². The summed E-state index contributed by atoms with van der Waals surface area (Å²) in [6.45, 7) is 9.34. The Morgan fingerprint density at radius 1 is 0.952 bits per heavy atom. The summed E-state index contributed by atoms with van der Waals surface area (Å²) >= 11 is 0. The number of hydrogen-bond acceptors (Lipinski definition) is 3. The van der Waals surface area contributed by atoms with Crippen LogP contribution >= 0.6 is 24.0 Å². The van der Waals surface area contributed by atoms with Crippen LogP contribution in [0.3, 0.4) is 0 Å². The lowest BCUT2D eigenvalue weighted by atomic mass is 10.2. The first-order valence-corrected chi connectivity index (χ1v) is 7.94. The molecule has 0 rings (SSSR count). The molecule has 0 radical (unpaired) electrons. The molecule has 0 amide bonds. The molecule has 6 heteroatoms. The molecule has 0 fully saturated rings. The van der Waals surface area contributed by atoms with Gasteiger partial charge in [0.2, 0.25) is 0 Å². The molecule has 0 heterocycles. The molecule has 0 spiro atoms. The third-order valence-corrected chi connectivity index (χ3v) is 2.83. The zero-order valence-electron chi connectivity index (χ0n) is 14.0. The van der Waals surface area contributed by atoms with Crippen molar-refractivity contribution in [1.29, 1.82) is 0 Å². The predicted molar refractivity (Wildman–Crippen MR) is 101 cm³/mol. The molecule has 0 aliphatic carbocycles. The van der Waals surface area contributed by atoms with Crippen LogP contribution in [0, 0.1) is 0 Å². The van der Waals surface area contributed by atoms with E-state index in [4.69, 9.17) is 9.47 Å². The Labute approximate surface area is 147 Å². The summed E-state index contributed by atoms with van der Waals surface area (Å²) in [5, 5.41) is 6.63. The standard InChI is InChI=1S/C15H33N3O2.HI/c1-4-16-15(17-11-7-6-9-13-19-3)18-12-8-10-14-20-5-2;/h4-14H2,1-3H3,(H2,16,17,18);1H. The topological polar surface area (TPSA) is 54.9 Å². The van der Waals surface area contributed by atoms with Crippen LogP contribution in [0.1, 0.15) is 46.0 Å². The number of unbranched alkanes of at least 4 members (excludes halogenated alkanes) is 3. The zero-order chi connectivity index (χ0) is 14.9. The molecule has 0 aromatic rings. The summed E-state index contributed by atoms with van der Waals surface area (Å²) in [5.41, 5.74) is 0. The minimum atomic E-state index is 0. The van der Waals surface area contributed by atoms with E-state index < -0.39 is 0 Å². The average Bonchev–Trinajstić information content (AvgIpc) is 2.46. The van der Waals surface area contributed by atoms with E-state index in [1.807, 2.05) is 6.92 Å². The highest BCUT2D eigenvalue weighted by atomic mass is 127. The third-order valence-electron chi connectivity index (χ3n) is 2.83. The minimum Gasteiger partial charge on any atom is -0.385 e. The number of methoxy groups -OCH3 is 1. The summed E-state index contributed by atoms with van der Waals surface area (Å²) in [6.07, 6.45) is 5.61. The maximum absolute atomic E-state index is 5.32. The van der Waals surface area contributed by atoms with Crippen molar-refractivity contribution in [2.75, 3.05) is 46.6 Å². The van der Waals surface area contributed by atoms with Gasteiger partial charge in [-0.1, -0.05) is 0 Å². The van der Waals surface area contributed by atoms with Crippen molar-refractivity contribution in [3.05, 3.63) is 0 Å². The molecule has 21 heavy (non-hydrogen) atoms. The maximum Gasteiger partial charge on any atom is 0.191 e. The Morgan fingerprint density at radius 2 is 1.71 bits per heavy atom. The maximum atomic E-state index is 5.32. The van der Waals surface area contributed by atoms with Crippen LogP contribution in [0.4, 0.5) is 0 Å². The molecule has 0 saturated carbocycles. The van der Waals surface area contributed by atoms with E-state index in [0.717, 1.165) is 71.1 Å². The number of hydrogen-bond donors (Lipinski definition) is 2. The number of guanidine groups is 1. The predicted octanol–water partition coefficient (Wildman–Crippen LogP) is 2.79. The number of halogens is 1. The molecular formula is C15H34IN3O2. The summed E-state index contributed by atoms with van der Waals surface area (Å²) < 4.78 is 10.3. The average molecular weight is 415 g/mol. The first kappa shape index (κ1) is 23.2. The van der Waals surface area contributed by atoms with E-state index in [9.17, 15) is 0 Å². The molecule has 0 aliphatic heterocycles. The van der Waals surface area contributed by atoms with Gasteiger partial charge in [0, 0.05) is 46.6 Å². The number of ether oxygens (including phenoxy) is 2. The Hall–Kier alpha value is -0.0800. The van der Waals surface area contributed by atoms with Crippen molar-refractivity contribution in [3.8, 4) is 0 Å². The Balaban J connectivity index is 0. The number of nitrogens with zero attached hydrogens (tertiary/aromatic N) is 1. The lowest BCUT2D eigenvalue weighted by Crippen LogP contribution is -2.37. The van der Waals surface area contributed by atoms with E-state index in [2.05, 4.69) is 22.5 Å². The molecule has 5 nitrogen and oxygen atoms in total. The molecular weight excluding hydrogens is 381 g/mol. The minimum absolute atomic E-state index is 0. The Morgan fingerprint density at radius 3 is 2.38 bits per heavy atom. The van der Waals surface area contributed by atoms with Gasteiger partial charge < -0.3 is 20.1 Å². The van der Waals surface area contributed by atoms with Gasteiger partial charge in [0.1, 0.15) is 0 Å². The van der Waals surface area contributed by atoms with Gasteiger partial charge in [-0.2, -0.15) is 0 Å². The van der Waals surface area contributed by atoms with Crippen LogP contribution in [0.5, 0.6) is 0 Å². The van der Waals surface area contributed by atoms with Crippen LogP contribution in [0.2, 0.25) is 0 Å². The van der Waals surface area contributed by atoms with Crippen molar-refractivity contribution in [3.63, 3.8) is 0 Å². The Kier molecular flexibility index (Phi) is 22.0. The lowest BCUT2D eigenvalue weighted by Gasteiger charge is -2.11. The quantitative estimate of drug-likeness (QED) is 0.210. The van der Waals surface area contributed by atoms with Crippen molar-refractivity contribution in [1.82, 2.24) is 10.6 Å². The second-order valence-corrected chi connectivity index (χ2v) is 4.64. The Bertz CT molecular complexity index is 229. The molecule has 0 saturated heterocycles.